The molecule has 2 nitrogen and oxygen atoms in total. The van der Waals surface area contributed by atoms with Crippen molar-refractivity contribution in [2.24, 2.45) is 0 Å². The highest BCUT2D eigenvalue weighted by Crippen LogP contribution is 2.22. The van der Waals surface area contributed by atoms with Crippen LogP contribution in [0.2, 0.25) is 0 Å². The molecule has 0 spiro atoms. The van der Waals surface area contributed by atoms with Gasteiger partial charge >= 0.3 is 0 Å². The van der Waals surface area contributed by atoms with E-state index in [1.807, 2.05) is 18.2 Å². The average Bonchev–Trinajstić information content (AvgIpc) is 2.33. The van der Waals surface area contributed by atoms with Crippen LogP contribution >= 0.6 is 11.5 Å². The van der Waals surface area contributed by atoms with Crippen molar-refractivity contribution in [1.29, 1.82) is 0 Å². The zero-order valence-corrected chi connectivity index (χ0v) is 5.43. The van der Waals surface area contributed by atoms with Gasteiger partial charge in [0.2, 0.25) is 0 Å². The standard InChI is InChI=1S/C6H4N2S/c1-2-5-4-7-8-9-6(5)3-1/h1-4H. The van der Waals surface area contributed by atoms with Gasteiger partial charge in [-0.05, 0) is 17.6 Å². The van der Waals surface area contributed by atoms with E-state index < -0.39 is 0 Å². The minimum absolute atomic E-state index is 1.18. The van der Waals surface area contributed by atoms with Gasteiger partial charge in [-0.3, -0.25) is 0 Å². The Bertz CT molecular complexity index is 251. The van der Waals surface area contributed by atoms with Crippen molar-refractivity contribution in [3.05, 3.63) is 24.4 Å². The minimum Gasteiger partial charge on any atom is -0.147 e. The lowest BCUT2D eigenvalue weighted by Crippen LogP contribution is -1.74. The molecule has 0 amide bonds. The second-order valence-corrected chi connectivity index (χ2v) is 2.55. The molecule has 0 aromatic carbocycles. The first-order chi connectivity index (χ1) is 4.47. The summed E-state index contributed by atoms with van der Waals surface area (Å²) in [6.07, 6.45) is 1.77. The van der Waals surface area contributed by atoms with Gasteiger partial charge in [-0.25, -0.2) is 0 Å². The van der Waals surface area contributed by atoms with Crippen LogP contribution in [-0.4, -0.2) is 9.59 Å². The number of hydrogen-bond acceptors (Lipinski definition) is 3. The number of rotatable bonds is 0. The normalized spacial score (nSPS) is 10.2. The van der Waals surface area contributed by atoms with Gasteiger partial charge in [0.15, 0.2) is 0 Å². The maximum absolute atomic E-state index is 3.78. The zero-order valence-electron chi connectivity index (χ0n) is 4.61. The highest BCUT2D eigenvalue weighted by atomic mass is 32.1. The lowest BCUT2D eigenvalue weighted by Gasteiger charge is -1.88. The molecule has 44 valence electrons. The molecule has 9 heavy (non-hydrogen) atoms. The fourth-order valence-corrected chi connectivity index (χ4v) is 1.31. The van der Waals surface area contributed by atoms with Crippen LogP contribution in [0.1, 0.15) is 0 Å². The van der Waals surface area contributed by atoms with Crippen molar-refractivity contribution < 1.29 is 0 Å². The van der Waals surface area contributed by atoms with Gasteiger partial charge in [0.1, 0.15) is 0 Å². The third kappa shape index (κ3) is 0.695. The molecule has 0 N–H and O–H groups in total. The molecule has 0 bridgehead atoms. The van der Waals surface area contributed by atoms with Crippen LogP contribution in [0.15, 0.2) is 24.4 Å². The molecule has 1 aliphatic heterocycles. The second-order valence-electron chi connectivity index (χ2n) is 1.76. The molecule has 0 atom stereocenters. The van der Waals surface area contributed by atoms with Crippen LogP contribution in [-0.2, 0) is 0 Å². The molecule has 1 aliphatic carbocycles. The fourth-order valence-electron chi connectivity index (χ4n) is 0.761. The van der Waals surface area contributed by atoms with Crippen LogP contribution < -0.4 is 0 Å². The molecule has 0 saturated carbocycles. The van der Waals surface area contributed by atoms with Crippen molar-refractivity contribution in [3.63, 3.8) is 0 Å². The van der Waals surface area contributed by atoms with E-state index in [4.69, 9.17) is 0 Å². The predicted molar refractivity (Wildman–Crippen MR) is 36.5 cm³/mol. The van der Waals surface area contributed by atoms with E-state index in [1.54, 1.807) is 6.20 Å². The van der Waals surface area contributed by atoms with Crippen LogP contribution in [0.25, 0.3) is 10.4 Å². The van der Waals surface area contributed by atoms with Crippen molar-refractivity contribution in [2.45, 2.75) is 0 Å². The highest BCUT2D eigenvalue weighted by molar-refractivity contribution is 7.09. The van der Waals surface area contributed by atoms with E-state index in [1.165, 1.54) is 22.0 Å². The second kappa shape index (κ2) is 1.77. The van der Waals surface area contributed by atoms with Crippen LogP contribution in [0.5, 0.6) is 0 Å². The molecule has 3 heteroatoms. The van der Waals surface area contributed by atoms with E-state index in [2.05, 4.69) is 9.59 Å². The predicted octanol–water partition coefficient (Wildman–Crippen LogP) is 1.64. The first-order valence-electron chi connectivity index (χ1n) is 2.63. The van der Waals surface area contributed by atoms with Crippen LogP contribution in [0.3, 0.4) is 0 Å². The highest BCUT2D eigenvalue weighted by Gasteiger charge is 1.99. The van der Waals surface area contributed by atoms with Crippen LogP contribution in [0, 0.1) is 0 Å². The SMILES string of the molecule is c1cc2cnnsc-2c1. The molecule has 0 aromatic rings. The van der Waals surface area contributed by atoms with Gasteiger partial charge in [-0.15, -0.1) is 5.10 Å². The summed E-state index contributed by atoms with van der Waals surface area (Å²) in [5.74, 6) is 0. The van der Waals surface area contributed by atoms with E-state index in [9.17, 15) is 0 Å². The Morgan fingerprint density at radius 3 is 3.22 bits per heavy atom. The number of nitrogens with zero attached hydrogens (tertiary/aromatic N) is 2. The average molecular weight is 136 g/mol. The van der Waals surface area contributed by atoms with Crippen molar-refractivity contribution >= 4 is 11.5 Å². The maximum Gasteiger partial charge on any atom is 0.0593 e. The monoisotopic (exact) mass is 136 g/mol. The molecular weight excluding hydrogens is 132 g/mol. The third-order valence-electron chi connectivity index (χ3n) is 1.19. The Hall–Kier alpha value is -0.960. The number of fused-ring (bicyclic) bond motifs is 1. The summed E-state index contributed by atoms with van der Waals surface area (Å²) in [6, 6.07) is 6.07. The van der Waals surface area contributed by atoms with Gasteiger partial charge in [0.05, 0.1) is 11.1 Å². The Kier molecular flexibility index (Phi) is 0.960. The smallest absolute Gasteiger partial charge is 0.0593 e. The van der Waals surface area contributed by atoms with Crippen molar-refractivity contribution in [1.82, 2.24) is 9.59 Å². The summed E-state index contributed by atoms with van der Waals surface area (Å²) in [6.45, 7) is 0. The lowest BCUT2D eigenvalue weighted by atomic mass is 10.3. The number of aromatic nitrogens is 2. The summed E-state index contributed by atoms with van der Waals surface area (Å²) in [5, 5.41) is 3.75. The van der Waals surface area contributed by atoms with Gasteiger partial charge in [0, 0.05) is 5.56 Å². The Labute approximate surface area is 56.7 Å². The molecule has 0 saturated heterocycles. The lowest BCUT2D eigenvalue weighted by molar-refractivity contribution is 1.13. The third-order valence-corrected chi connectivity index (χ3v) is 1.94. The summed E-state index contributed by atoms with van der Waals surface area (Å²) in [5.41, 5.74) is 1.18. The van der Waals surface area contributed by atoms with Gasteiger partial charge in [-0.2, -0.15) is 0 Å². The van der Waals surface area contributed by atoms with Gasteiger partial charge in [-0.1, -0.05) is 16.6 Å². The van der Waals surface area contributed by atoms with E-state index in [-0.39, 0.29) is 0 Å². The van der Waals surface area contributed by atoms with Crippen LogP contribution in [0.4, 0.5) is 0 Å². The minimum atomic E-state index is 1.18. The van der Waals surface area contributed by atoms with E-state index in [0.29, 0.717) is 0 Å². The molecule has 1 heterocycles. The molecule has 0 radical (unpaired) electrons. The van der Waals surface area contributed by atoms with E-state index >= 15 is 0 Å². The largest absolute Gasteiger partial charge is 0.147 e. The molecule has 0 aromatic heterocycles. The summed E-state index contributed by atoms with van der Waals surface area (Å²) in [7, 11) is 0. The Balaban J connectivity index is 2.79. The molecular formula is C6H4N2S. The summed E-state index contributed by atoms with van der Waals surface area (Å²) in [4.78, 5) is 1.20. The Morgan fingerprint density at radius 2 is 2.33 bits per heavy atom. The Morgan fingerprint density at radius 1 is 1.33 bits per heavy atom. The van der Waals surface area contributed by atoms with Crippen molar-refractivity contribution in [3.8, 4) is 10.4 Å². The summed E-state index contributed by atoms with van der Waals surface area (Å²) >= 11 is 1.42. The fraction of sp³-hybridized carbons (Fsp3) is 0. The molecule has 0 unspecified atom stereocenters. The first-order valence-corrected chi connectivity index (χ1v) is 3.40. The molecule has 0 fully saturated rings. The first kappa shape index (κ1) is 4.88. The summed E-state index contributed by atoms with van der Waals surface area (Å²) < 4.78 is 3.78. The van der Waals surface area contributed by atoms with Gasteiger partial charge < -0.3 is 0 Å². The van der Waals surface area contributed by atoms with Gasteiger partial charge in [0.25, 0.3) is 0 Å². The molecule has 2 aliphatic rings. The number of hydrogen-bond donors (Lipinski definition) is 0. The van der Waals surface area contributed by atoms with E-state index in [0.717, 1.165) is 0 Å². The van der Waals surface area contributed by atoms with Crippen molar-refractivity contribution in [2.75, 3.05) is 0 Å². The maximum atomic E-state index is 3.78. The quantitative estimate of drug-likeness (QED) is 0.550. The topological polar surface area (TPSA) is 25.8 Å². The molecule has 2 rings (SSSR count). The zero-order chi connectivity index (χ0) is 6.10.